The molecule has 2 fully saturated rings. The number of hydrogen-bond donors (Lipinski definition) is 2. The van der Waals surface area contributed by atoms with Crippen LogP contribution in [0.15, 0.2) is 5.16 Å². The van der Waals surface area contributed by atoms with Gasteiger partial charge in [-0.2, -0.15) is 0 Å². The van der Waals surface area contributed by atoms with Crippen molar-refractivity contribution in [1.82, 2.24) is 4.90 Å². The van der Waals surface area contributed by atoms with Gasteiger partial charge >= 0.3 is 0 Å². The van der Waals surface area contributed by atoms with Gasteiger partial charge in [0.2, 0.25) is 5.91 Å². The first-order valence-corrected chi connectivity index (χ1v) is 7.87. The summed E-state index contributed by atoms with van der Waals surface area (Å²) in [7, 11) is 1.89. The Morgan fingerprint density at radius 2 is 1.70 bits per heavy atom. The molecule has 0 saturated heterocycles. The third kappa shape index (κ3) is 2.76. The number of nitrogens with zero attached hydrogens (tertiary/aromatic N) is 2. The van der Waals surface area contributed by atoms with Crippen molar-refractivity contribution in [2.45, 2.75) is 70.3 Å². The molecule has 0 heterocycles. The second-order valence-corrected chi connectivity index (χ2v) is 6.34. The Balaban J connectivity index is 2.17. The fraction of sp³-hybridized carbons (Fsp3) is 0.867. The monoisotopic (exact) mass is 281 g/mol. The molecular formula is C15H27N3O2. The fourth-order valence-corrected chi connectivity index (χ4v) is 3.80. The summed E-state index contributed by atoms with van der Waals surface area (Å²) in [5, 5.41) is 12.3. The van der Waals surface area contributed by atoms with Crippen molar-refractivity contribution >= 4 is 11.7 Å². The lowest BCUT2D eigenvalue weighted by Gasteiger charge is -2.41. The summed E-state index contributed by atoms with van der Waals surface area (Å²) in [6, 6.07) is 0.321. The van der Waals surface area contributed by atoms with Crippen LogP contribution >= 0.6 is 0 Å². The van der Waals surface area contributed by atoms with E-state index in [4.69, 9.17) is 10.9 Å². The molecule has 2 aliphatic carbocycles. The number of oxime groups is 1. The van der Waals surface area contributed by atoms with Gasteiger partial charge < -0.3 is 15.8 Å². The Bertz CT molecular complexity index is 369. The molecule has 5 heteroatoms. The van der Waals surface area contributed by atoms with E-state index in [1.165, 1.54) is 19.3 Å². The maximum absolute atomic E-state index is 13.0. The van der Waals surface area contributed by atoms with Gasteiger partial charge in [0.25, 0.3) is 0 Å². The molecule has 20 heavy (non-hydrogen) atoms. The van der Waals surface area contributed by atoms with Gasteiger partial charge in [-0.15, -0.1) is 0 Å². The Labute approximate surface area is 121 Å². The van der Waals surface area contributed by atoms with Crippen molar-refractivity contribution in [3.8, 4) is 0 Å². The highest BCUT2D eigenvalue weighted by molar-refractivity contribution is 6.06. The molecule has 0 spiro atoms. The van der Waals surface area contributed by atoms with E-state index in [-0.39, 0.29) is 11.7 Å². The van der Waals surface area contributed by atoms with Crippen LogP contribution in [0, 0.1) is 5.41 Å². The molecule has 0 aromatic carbocycles. The summed E-state index contributed by atoms with van der Waals surface area (Å²) < 4.78 is 0. The lowest BCUT2D eigenvalue weighted by atomic mass is 9.71. The van der Waals surface area contributed by atoms with Gasteiger partial charge in [-0.3, -0.25) is 4.79 Å². The van der Waals surface area contributed by atoms with Gasteiger partial charge in [0.15, 0.2) is 5.84 Å². The smallest absolute Gasteiger partial charge is 0.236 e. The first-order chi connectivity index (χ1) is 9.62. The van der Waals surface area contributed by atoms with Crippen LogP contribution in [0.2, 0.25) is 0 Å². The van der Waals surface area contributed by atoms with Crippen molar-refractivity contribution < 1.29 is 10.0 Å². The highest BCUT2D eigenvalue weighted by Crippen LogP contribution is 2.39. The van der Waals surface area contributed by atoms with Crippen molar-refractivity contribution in [1.29, 1.82) is 0 Å². The quantitative estimate of drug-likeness (QED) is 0.361. The van der Waals surface area contributed by atoms with Crippen molar-refractivity contribution in [2.75, 3.05) is 7.05 Å². The summed E-state index contributed by atoms with van der Waals surface area (Å²) in [5.74, 6) is 0.157. The van der Waals surface area contributed by atoms with E-state index >= 15 is 0 Å². The average molecular weight is 281 g/mol. The van der Waals surface area contributed by atoms with E-state index in [2.05, 4.69) is 5.16 Å². The van der Waals surface area contributed by atoms with Crippen molar-refractivity contribution in [3.05, 3.63) is 0 Å². The van der Waals surface area contributed by atoms with E-state index < -0.39 is 5.41 Å². The summed E-state index contributed by atoms with van der Waals surface area (Å²) in [6.45, 7) is 0. The SMILES string of the molecule is CN(C(=O)C1(C(N)=NO)CCCCC1)C1CCCCC1. The van der Waals surface area contributed by atoms with E-state index in [1.54, 1.807) is 0 Å². The number of rotatable bonds is 3. The van der Waals surface area contributed by atoms with Gasteiger partial charge in [-0.25, -0.2) is 0 Å². The molecule has 114 valence electrons. The number of carbonyl (C=O) groups is 1. The standard InChI is InChI=1S/C15H27N3O2/c1-18(12-8-4-2-5-9-12)14(19)15(13(16)17-20)10-6-3-7-11-15/h12,20H,2-11H2,1H3,(H2,16,17). The highest BCUT2D eigenvalue weighted by atomic mass is 16.4. The molecule has 5 nitrogen and oxygen atoms in total. The van der Waals surface area contributed by atoms with Crippen LogP contribution in [-0.4, -0.2) is 34.9 Å². The zero-order chi connectivity index (χ0) is 14.6. The molecule has 3 N–H and O–H groups in total. The number of nitrogens with two attached hydrogens (primary N) is 1. The maximum atomic E-state index is 13.0. The minimum Gasteiger partial charge on any atom is -0.409 e. The van der Waals surface area contributed by atoms with Gasteiger partial charge in [-0.1, -0.05) is 43.7 Å². The maximum Gasteiger partial charge on any atom is 0.236 e. The molecular weight excluding hydrogens is 254 g/mol. The summed E-state index contributed by atoms with van der Waals surface area (Å²) in [4.78, 5) is 14.9. The molecule has 0 unspecified atom stereocenters. The lowest BCUT2D eigenvalue weighted by molar-refractivity contribution is -0.141. The predicted octanol–water partition coefficient (Wildman–Crippen LogP) is 2.47. The lowest BCUT2D eigenvalue weighted by Crippen LogP contribution is -2.54. The third-order valence-electron chi connectivity index (χ3n) is 5.16. The normalized spacial score (nSPS) is 24.4. The molecule has 0 aromatic heterocycles. The van der Waals surface area contributed by atoms with Gasteiger partial charge in [0, 0.05) is 13.1 Å². The molecule has 1 amide bonds. The average Bonchev–Trinajstić information content (AvgIpc) is 2.54. The Morgan fingerprint density at radius 1 is 1.15 bits per heavy atom. The van der Waals surface area contributed by atoms with Crippen LogP contribution in [-0.2, 0) is 4.79 Å². The van der Waals surface area contributed by atoms with E-state index in [1.807, 2.05) is 11.9 Å². The van der Waals surface area contributed by atoms with Gasteiger partial charge in [0.05, 0.1) is 0 Å². The third-order valence-corrected chi connectivity index (χ3v) is 5.16. The minimum absolute atomic E-state index is 0.0550. The first-order valence-electron chi connectivity index (χ1n) is 7.87. The van der Waals surface area contributed by atoms with E-state index in [9.17, 15) is 4.79 Å². The van der Waals surface area contributed by atoms with Gasteiger partial charge in [0.1, 0.15) is 5.41 Å². The molecule has 0 bridgehead atoms. The van der Waals surface area contributed by atoms with Crippen LogP contribution in [0.3, 0.4) is 0 Å². The van der Waals surface area contributed by atoms with Crippen LogP contribution in [0.4, 0.5) is 0 Å². The molecule has 0 aliphatic heterocycles. The fourth-order valence-electron chi connectivity index (χ4n) is 3.80. The zero-order valence-corrected chi connectivity index (χ0v) is 12.5. The molecule has 0 atom stereocenters. The number of carbonyl (C=O) groups excluding carboxylic acids is 1. The predicted molar refractivity (Wildman–Crippen MR) is 78.6 cm³/mol. The molecule has 0 radical (unpaired) electrons. The van der Waals surface area contributed by atoms with Crippen LogP contribution in [0.25, 0.3) is 0 Å². The first kappa shape index (κ1) is 15.1. The molecule has 2 saturated carbocycles. The number of amidine groups is 1. The Kier molecular flexibility index (Phi) is 4.89. The Morgan fingerprint density at radius 3 is 2.25 bits per heavy atom. The second-order valence-electron chi connectivity index (χ2n) is 6.34. The zero-order valence-electron chi connectivity index (χ0n) is 12.5. The van der Waals surface area contributed by atoms with Crippen LogP contribution in [0.5, 0.6) is 0 Å². The number of hydrogen-bond acceptors (Lipinski definition) is 3. The minimum atomic E-state index is -0.765. The topological polar surface area (TPSA) is 78.9 Å². The van der Waals surface area contributed by atoms with E-state index in [0.717, 1.165) is 32.1 Å². The Hall–Kier alpha value is -1.26. The van der Waals surface area contributed by atoms with Crippen LogP contribution < -0.4 is 5.73 Å². The molecule has 2 aliphatic rings. The highest BCUT2D eigenvalue weighted by Gasteiger charge is 2.46. The largest absolute Gasteiger partial charge is 0.409 e. The van der Waals surface area contributed by atoms with Crippen molar-refractivity contribution in [2.24, 2.45) is 16.3 Å². The number of amides is 1. The summed E-state index contributed by atoms with van der Waals surface area (Å²) in [5.41, 5.74) is 5.14. The van der Waals surface area contributed by atoms with Crippen molar-refractivity contribution in [3.63, 3.8) is 0 Å². The summed E-state index contributed by atoms with van der Waals surface area (Å²) >= 11 is 0. The van der Waals surface area contributed by atoms with E-state index in [0.29, 0.717) is 18.9 Å². The van der Waals surface area contributed by atoms with Gasteiger partial charge in [-0.05, 0) is 25.7 Å². The molecule has 0 aromatic rings. The summed E-state index contributed by atoms with van der Waals surface area (Å²) in [6.07, 6.45) is 10.3. The molecule has 2 rings (SSSR count). The second kappa shape index (κ2) is 6.46. The van der Waals surface area contributed by atoms with Crippen LogP contribution in [0.1, 0.15) is 64.2 Å².